The second-order valence-corrected chi connectivity index (χ2v) is 4.98. The number of carbonyl (C=O) groups is 1. The molecule has 4 nitrogen and oxygen atoms in total. The van der Waals surface area contributed by atoms with Crippen molar-refractivity contribution >= 4 is 5.91 Å². The average Bonchev–Trinajstić information content (AvgIpc) is 2.37. The van der Waals surface area contributed by atoms with Crippen LogP contribution in [0, 0.1) is 0 Å². The highest BCUT2D eigenvalue weighted by Gasteiger charge is 2.14. The Labute approximate surface area is 115 Å². The monoisotopic (exact) mass is 264 g/mol. The van der Waals surface area contributed by atoms with E-state index in [1.165, 1.54) is 0 Å². The molecule has 0 fully saturated rings. The number of amides is 1. The first kappa shape index (κ1) is 15.5. The molecule has 1 aromatic carbocycles. The van der Waals surface area contributed by atoms with E-state index in [0.29, 0.717) is 6.42 Å². The molecule has 0 aliphatic rings. The van der Waals surface area contributed by atoms with Gasteiger partial charge in [0.2, 0.25) is 5.91 Å². The lowest BCUT2D eigenvalue weighted by Crippen LogP contribution is -2.41. The molecule has 1 aromatic rings. The summed E-state index contributed by atoms with van der Waals surface area (Å²) in [7, 11) is 0. The summed E-state index contributed by atoms with van der Waals surface area (Å²) in [6, 6.07) is 7.25. The SMILES string of the molecule is CC[C@@H](N)C(=O)NC(C)c1ccc(OC(C)C)cc1. The molecule has 19 heavy (non-hydrogen) atoms. The van der Waals surface area contributed by atoms with Crippen molar-refractivity contribution in [2.24, 2.45) is 5.73 Å². The Hall–Kier alpha value is -1.55. The van der Waals surface area contributed by atoms with Gasteiger partial charge in [-0.2, -0.15) is 0 Å². The van der Waals surface area contributed by atoms with Crippen molar-refractivity contribution in [1.82, 2.24) is 5.32 Å². The molecule has 0 aromatic heterocycles. The van der Waals surface area contributed by atoms with Gasteiger partial charge in [-0.3, -0.25) is 4.79 Å². The van der Waals surface area contributed by atoms with Crippen LogP contribution in [0.2, 0.25) is 0 Å². The molecule has 0 spiro atoms. The summed E-state index contributed by atoms with van der Waals surface area (Å²) in [5, 5.41) is 2.90. The maximum Gasteiger partial charge on any atom is 0.237 e. The molecule has 0 aliphatic carbocycles. The molecule has 0 saturated heterocycles. The van der Waals surface area contributed by atoms with Gasteiger partial charge in [0.15, 0.2) is 0 Å². The van der Waals surface area contributed by atoms with Crippen molar-refractivity contribution in [1.29, 1.82) is 0 Å². The van der Waals surface area contributed by atoms with Gasteiger partial charge in [-0.1, -0.05) is 19.1 Å². The molecule has 0 bridgehead atoms. The third-order valence-electron chi connectivity index (χ3n) is 2.89. The minimum atomic E-state index is -0.439. The van der Waals surface area contributed by atoms with Crippen LogP contribution < -0.4 is 15.8 Å². The van der Waals surface area contributed by atoms with E-state index in [1.807, 2.05) is 52.0 Å². The summed E-state index contributed by atoms with van der Waals surface area (Å²) in [4.78, 5) is 11.7. The lowest BCUT2D eigenvalue weighted by atomic mass is 10.1. The van der Waals surface area contributed by atoms with Crippen LogP contribution in [0.1, 0.15) is 45.7 Å². The molecule has 106 valence electrons. The number of benzene rings is 1. The van der Waals surface area contributed by atoms with Gasteiger partial charge >= 0.3 is 0 Å². The maximum atomic E-state index is 11.7. The fraction of sp³-hybridized carbons (Fsp3) is 0.533. The van der Waals surface area contributed by atoms with Gasteiger partial charge in [-0.25, -0.2) is 0 Å². The lowest BCUT2D eigenvalue weighted by molar-refractivity contribution is -0.123. The van der Waals surface area contributed by atoms with Crippen molar-refractivity contribution in [3.05, 3.63) is 29.8 Å². The van der Waals surface area contributed by atoms with Crippen molar-refractivity contribution in [3.63, 3.8) is 0 Å². The topological polar surface area (TPSA) is 64.4 Å². The number of ether oxygens (including phenoxy) is 1. The Morgan fingerprint density at radius 2 is 1.84 bits per heavy atom. The standard InChI is InChI=1S/C15H24N2O2/c1-5-14(16)15(18)17-11(4)12-6-8-13(9-7-12)19-10(2)3/h6-11,14H,5,16H2,1-4H3,(H,17,18)/t11?,14-/m1/s1. The van der Waals surface area contributed by atoms with Crippen molar-refractivity contribution in [3.8, 4) is 5.75 Å². The van der Waals surface area contributed by atoms with E-state index in [9.17, 15) is 4.79 Å². The Bertz CT molecular complexity index is 401. The molecule has 0 saturated carbocycles. The number of rotatable bonds is 6. The average molecular weight is 264 g/mol. The first-order valence-corrected chi connectivity index (χ1v) is 6.76. The fourth-order valence-electron chi connectivity index (χ4n) is 1.70. The van der Waals surface area contributed by atoms with Crippen LogP contribution in [0.5, 0.6) is 5.75 Å². The first-order chi connectivity index (χ1) is 8.93. The minimum Gasteiger partial charge on any atom is -0.491 e. The third kappa shape index (κ3) is 4.91. The number of carbonyl (C=O) groups excluding carboxylic acids is 1. The minimum absolute atomic E-state index is 0.0572. The van der Waals surface area contributed by atoms with Crippen molar-refractivity contribution < 1.29 is 9.53 Å². The number of nitrogens with two attached hydrogens (primary N) is 1. The zero-order valence-corrected chi connectivity index (χ0v) is 12.1. The Morgan fingerprint density at radius 1 is 1.26 bits per heavy atom. The number of hydrogen-bond donors (Lipinski definition) is 2. The number of nitrogens with one attached hydrogen (secondary N) is 1. The van der Waals surface area contributed by atoms with Gasteiger partial charge in [0, 0.05) is 0 Å². The predicted octanol–water partition coefficient (Wildman–Crippen LogP) is 2.39. The van der Waals surface area contributed by atoms with E-state index in [1.54, 1.807) is 0 Å². The highest BCUT2D eigenvalue weighted by molar-refractivity contribution is 5.81. The molecule has 1 rings (SSSR count). The van der Waals surface area contributed by atoms with Crippen LogP contribution in [-0.2, 0) is 4.79 Å². The van der Waals surface area contributed by atoms with E-state index in [-0.39, 0.29) is 18.1 Å². The van der Waals surface area contributed by atoms with Crippen LogP contribution in [0.4, 0.5) is 0 Å². The summed E-state index contributed by atoms with van der Waals surface area (Å²) in [5.41, 5.74) is 6.72. The summed E-state index contributed by atoms with van der Waals surface area (Å²) < 4.78 is 5.58. The van der Waals surface area contributed by atoms with Crippen LogP contribution in [-0.4, -0.2) is 18.1 Å². The molecule has 2 atom stereocenters. The van der Waals surface area contributed by atoms with Gasteiger partial charge < -0.3 is 15.8 Å². The van der Waals surface area contributed by atoms with Crippen LogP contribution >= 0.6 is 0 Å². The van der Waals surface area contributed by atoms with E-state index in [2.05, 4.69) is 5.32 Å². The normalized spacial score (nSPS) is 14.0. The molecule has 1 unspecified atom stereocenters. The Balaban J connectivity index is 2.62. The quantitative estimate of drug-likeness (QED) is 0.829. The second kappa shape index (κ2) is 7.14. The fourth-order valence-corrected chi connectivity index (χ4v) is 1.70. The maximum absolute atomic E-state index is 11.7. The molecular weight excluding hydrogens is 240 g/mol. The van der Waals surface area contributed by atoms with Gasteiger partial charge in [0.1, 0.15) is 5.75 Å². The first-order valence-electron chi connectivity index (χ1n) is 6.76. The van der Waals surface area contributed by atoms with Gasteiger partial charge in [0.25, 0.3) is 0 Å². The van der Waals surface area contributed by atoms with Crippen molar-refractivity contribution in [2.75, 3.05) is 0 Å². The lowest BCUT2D eigenvalue weighted by Gasteiger charge is -2.17. The molecule has 0 heterocycles. The van der Waals surface area contributed by atoms with E-state index in [4.69, 9.17) is 10.5 Å². The summed E-state index contributed by atoms with van der Waals surface area (Å²) in [6.07, 6.45) is 0.797. The Kier molecular flexibility index (Phi) is 5.83. The molecule has 3 N–H and O–H groups in total. The summed E-state index contributed by atoms with van der Waals surface area (Å²) in [6.45, 7) is 7.82. The molecule has 4 heteroatoms. The van der Waals surface area contributed by atoms with Crippen LogP contribution in [0.25, 0.3) is 0 Å². The van der Waals surface area contributed by atoms with Gasteiger partial charge in [0.05, 0.1) is 18.2 Å². The van der Waals surface area contributed by atoms with Crippen LogP contribution in [0.3, 0.4) is 0 Å². The zero-order chi connectivity index (χ0) is 14.4. The largest absolute Gasteiger partial charge is 0.491 e. The summed E-state index contributed by atoms with van der Waals surface area (Å²) in [5.74, 6) is 0.722. The Morgan fingerprint density at radius 3 is 2.32 bits per heavy atom. The number of hydrogen-bond acceptors (Lipinski definition) is 3. The summed E-state index contributed by atoms with van der Waals surface area (Å²) >= 11 is 0. The second-order valence-electron chi connectivity index (χ2n) is 4.98. The van der Waals surface area contributed by atoms with E-state index < -0.39 is 6.04 Å². The van der Waals surface area contributed by atoms with Crippen LogP contribution in [0.15, 0.2) is 24.3 Å². The smallest absolute Gasteiger partial charge is 0.237 e. The van der Waals surface area contributed by atoms with E-state index >= 15 is 0 Å². The van der Waals surface area contributed by atoms with E-state index in [0.717, 1.165) is 11.3 Å². The predicted molar refractivity (Wildman–Crippen MR) is 77.0 cm³/mol. The molecule has 0 radical (unpaired) electrons. The third-order valence-corrected chi connectivity index (χ3v) is 2.89. The van der Waals surface area contributed by atoms with Crippen molar-refractivity contribution in [2.45, 2.75) is 52.3 Å². The van der Waals surface area contributed by atoms with Gasteiger partial charge in [-0.05, 0) is 44.9 Å². The zero-order valence-electron chi connectivity index (χ0n) is 12.1. The highest BCUT2D eigenvalue weighted by atomic mass is 16.5. The van der Waals surface area contributed by atoms with Gasteiger partial charge in [-0.15, -0.1) is 0 Å². The highest BCUT2D eigenvalue weighted by Crippen LogP contribution is 2.18. The molecule has 0 aliphatic heterocycles. The molecule has 1 amide bonds. The molecular formula is C15H24N2O2.